The van der Waals surface area contributed by atoms with Gasteiger partial charge >= 0.3 is 0 Å². The number of nitrogens with one attached hydrogen (secondary N) is 1. The Morgan fingerprint density at radius 2 is 2.33 bits per heavy atom. The minimum atomic E-state index is 0.612. The molecule has 1 N–H and O–H groups in total. The molecule has 0 unspecified atom stereocenters. The topological polar surface area (TPSA) is 12.0 Å². The second kappa shape index (κ2) is 5.13. The molecule has 82 valence electrons. The fourth-order valence-electron chi connectivity index (χ4n) is 1.84. The quantitative estimate of drug-likeness (QED) is 0.841. The molecule has 1 aliphatic rings. The highest BCUT2D eigenvalue weighted by Crippen LogP contribution is 2.26. The van der Waals surface area contributed by atoms with Gasteiger partial charge in [-0.25, -0.2) is 0 Å². The zero-order chi connectivity index (χ0) is 10.7. The van der Waals surface area contributed by atoms with Gasteiger partial charge in [0.15, 0.2) is 0 Å². The van der Waals surface area contributed by atoms with E-state index < -0.39 is 0 Å². The summed E-state index contributed by atoms with van der Waals surface area (Å²) in [6.07, 6.45) is 2.60. The SMILES string of the molecule is Cc1c(Cl)cccc1N[C@@H]1CCCSC1. The van der Waals surface area contributed by atoms with E-state index in [-0.39, 0.29) is 0 Å². The predicted octanol–water partition coefficient (Wildman–Crippen LogP) is 3.96. The summed E-state index contributed by atoms with van der Waals surface area (Å²) in [6.45, 7) is 2.07. The van der Waals surface area contributed by atoms with Crippen LogP contribution in [0.1, 0.15) is 18.4 Å². The average Bonchev–Trinajstić information content (AvgIpc) is 2.26. The van der Waals surface area contributed by atoms with Crippen molar-refractivity contribution >= 4 is 29.1 Å². The lowest BCUT2D eigenvalue weighted by atomic mass is 10.1. The average molecular weight is 242 g/mol. The van der Waals surface area contributed by atoms with Crippen molar-refractivity contribution in [2.75, 3.05) is 16.8 Å². The van der Waals surface area contributed by atoms with Gasteiger partial charge in [-0.3, -0.25) is 0 Å². The molecule has 0 radical (unpaired) electrons. The van der Waals surface area contributed by atoms with Crippen molar-refractivity contribution in [2.45, 2.75) is 25.8 Å². The van der Waals surface area contributed by atoms with E-state index in [0.29, 0.717) is 6.04 Å². The number of benzene rings is 1. The maximum atomic E-state index is 6.09. The van der Waals surface area contributed by atoms with Crippen LogP contribution in [0.5, 0.6) is 0 Å². The molecule has 1 atom stereocenters. The molecule has 0 spiro atoms. The fraction of sp³-hybridized carbons (Fsp3) is 0.500. The minimum Gasteiger partial charge on any atom is -0.381 e. The van der Waals surface area contributed by atoms with E-state index in [9.17, 15) is 0 Å². The first-order valence-corrected chi connectivity index (χ1v) is 6.90. The lowest BCUT2D eigenvalue weighted by Gasteiger charge is -2.24. The van der Waals surface area contributed by atoms with Crippen LogP contribution >= 0.6 is 23.4 Å². The first kappa shape index (κ1) is 11.2. The van der Waals surface area contributed by atoms with Crippen molar-refractivity contribution in [1.29, 1.82) is 0 Å². The van der Waals surface area contributed by atoms with Gasteiger partial charge in [0, 0.05) is 22.5 Å². The van der Waals surface area contributed by atoms with Gasteiger partial charge in [-0.05, 0) is 43.2 Å². The monoisotopic (exact) mass is 241 g/mol. The molecule has 1 nitrogen and oxygen atoms in total. The van der Waals surface area contributed by atoms with Gasteiger partial charge in [-0.15, -0.1) is 0 Å². The number of hydrogen-bond donors (Lipinski definition) is 1. The molecule has 0 saturated carbocycles. The molecule has 1 saturated heterocycles. The highest BCUT2D eigenvalue weighted by Gasteiger charge is 2.14. The maximum absolute atomic E-state index is 6.09. The molecule has 2 rings (SSSR count). The molecule has 1 aromatic carbocycles. The van der Waals surface area contributed by atoms with Crippen molar-refractivity contribution in [3.8, 4) is 0 Å². The summed E-state index contributed by atoms with van der Waals surface area (Å²) in [6, 6.07) is 6.67. The Morgan fingerprint density at radius 3 is 3.07 bits per heavy atom. The molecular formula is C12H16ClNS. The highest BCUT2D eigenvalue weighted by molar-refractivity contribution is 7.99. The largest absolute Gasteiger partial charge is 0.381 e. The van der Waals surface area contributed by atoms with Crippen molar-refractivity contribution < 1.29 is 0 Å². The number of hydrogen-bond acceptors (Lipinski definition) is 2. The normalized spacial score (nSPS) is 21.3. The van der Waals surface area contributed by atoms with E-state index in [1.807, 2.05) is 23.9 Å². The summed E-state index contributed by atoms with van der Waals surface area (Å²) >= 11 is 8.12. The van der Waals surface area contributed by atoms with Crippen LogP contribution in [0.25, 0.3) is 0 Å². The number of thioether (sulfide) groups is 1. The number of rotatable bonds is 2. The van der Waals surface area contributed by atoms with Gasteiger partial charge in [-0.1, -0.05) is 17.7 Å². The standard InChI is InChI=1S/C12H16ClNS/c1-9-11(13)5-2-6-12(9)14-10-4-3-7-15-8-10/h2,5-6,10,14H,3-4,7-8H2,1H3/t10-/m1/s1. The van der Waals surface area contributed by atoms with Crippen molar-refractivity contribution in [3.05, 3.63) is 28.8 Å². The van der Waals surface area contributed by atoms with Gasteiger partial charge < -0.3 is 5.32 Å². The van der Waals surface area contributed by atoms with Crippen LogP contribution in [0.3, 0.4) is 0 Å². The van der Waals surface area contributed by atoms with Crippen molar-refractivity contribution in [2.24, 2.45) is 0 Å². The van der Waals surface area contributed by atoms with E-state index in [2.05, 4.69) is 18.3 Å². The molecule has 0 aliphatic carbocycles. The van der Waals surface area contributed by atoms with Gasteiger partial charge in [-0.2, -0.15) is 11.8 Å². The third-order valence-electron chi connectivity index (χ3n) is 2.79. The lowest BCUT2D eigenvalue weighted by molar-refractivity contribution is 0.684. The molecule has 1 fully saturated rings. The van der Waals surface area contributed by atoms with E-state index >= 15 is 0 Å². The summed E-state index contributed by atoms with van der Waals surface area (Å²) in [7, 11) is 0. The van der Waals surface area contributed by atoms with E-state index in [4.69, 9.17) is 11.6 Å². The van der Waals surface area contributed by atoms with Crippen molar-refractivity contribution in [3.63, 3.8) is 0 Å². The Hall–Kier alpha value is -0.340. The minimum absolute atomic E-state index is 0.612. The molecule has 1 aliphatic heterocycles. The smallest absolute Gasteiger partial charge is 0.0455 e. The third-order valence-corrected chi connectivity index (χ3v) is 4.41. The first-order chi connectivity index (χ1) is 7.27. The predicted molar refractivity (Wildman–Crippen MR) is 70.2 cm³/mol. The Morgan fingerprint density at radius 1 is 1.47 bits per heavy atom. The first-order valence-electron chi connectivity index (χ1n) is 5.37. The van der Waals surface area contributed by atoms with E-state index in [1.165, 1.54) is 30.0 Å². The van der Waals surface area contributed by atoms with Crippen molar-refractivity contribution in [1.82, 2.24) is 0 Å². The van der Waals surface area contributed by atoms with Gasteiger partial charge in [0.05, 0.1) is 0 Å². The lowest BCUT2D eigenvalue weighted by Crippen LogP contribution is -2.26. The Kier molecular flexibility index (Phi) is 3.81. The maximum Gasteiger partial charge on any atom is 0.0455 e. The van der Waals surface area contributed by atoms with Crippen LogP contribution in [0.15, 0.2) is 18.2 Å². The molecular weight excluding hydrogens is 226 g/mol. The fourth-order valence-corrected chi connectivity index (χ4v) is 3.08. The summed E-state index contributed by atoms with van der Waals surface area (Å²) in [5.74, 6) is 2.53. The molecule has 1 heterocycles. The molecule has 0 aromatic heterocycles. The zero-order valence-electron chi connectivity index (χ0n) is 8.92. The van der Waals surface area contributed by atoms with Crippen LogP contribution in [-0.4, -0.2) is 17.5 Å². The highest BCUT2D eigenvalue weighted by atomic mass is 35.5. The van der Waals surface area contributed by atoms with Crippen LogP contribution in [0.2, 0.25) is 5.02 Å². The van der Waals surface area contributed by atoms with Gasteiger partial charge in [0.25, 0.3) is 0 Å². The Balaban J connectivity index is 2.06. The summed E-state index contributed by atoms with van der Waals surface area (Å²) < 4.78 is 0. The molecule has 0 bridgehead atoms. The third kappa shape index (κ3) is 2.82. The summed E-state index contributed by atoms with van der Waals surface area (Å²) in [5, 5.41) is 4.44. The van der Waals surface area contributed by atoms with Crippen LogP contribution in [0.4, 0.5) is 5.69 Å². The van der Waals surface area contributed by atoms with E-state index in [0.717, 1.165) is 10.6 Å². The number of halogens is 1. The summed E-state index contributed by atoms with van der Waals surface area (Å²) in [5.41, 5.74) is 2.35. The molecule has 1 aromatic rings. The van der Waals surface area contributed by atoms with Gasteiger partial charge in [0.2, 0.25) is 0 Å². The molecule has 0 amide bonds. The zero-order valence-corrected chi connectivity index (χ0v) is 10.5. The van der Waals surface area contributed by atoms with Gasteiger partial charge in [0.1, 0.15) is 0 Å². The van der Waals surface area contributed by atoms with Crippen LogP contribution < -0.4 is 5.32 Å². The number of anilines is 1. The Bertz CT molecular complexity index is 334. The molecule has 15 heavy (non-hydrogen) atoms. The second-order valence-electron chi connectivity index (χ2n) is 3.97. The Labute approximate surface area is 101 Å². The van der Waals surface area contributed by atoms with E-state index in [1.54, 1.807) is 0 Å². The second-order valence-corrected chi connectivity index (χ2v) is 5.53. The summed E-state index contributed by atoms with van der Waals surface area (Å²) in [4.78, 5) is 0. The van der Waals surface area contributed by atoms with Crippen LogP contribution in [0, 0.1) is 6.92 Å². The molecule has 3 heteroatoms. The van der Waals surface area contributed by atoms with Crippen LogP contribution in [-0.2, 0) is 0 Å².